The normalized spacial score (nSPS) is 20.5. The Hall–Kier alpha value is -0.560. The molecule has 1 rings (SSSR count). The largest absolute Gasteiger partial charge is 0.392 e. The van der Waals surface area contributed by atoms with Gasteiger partial charge in [0.25, 0.3) is 0 Å². The first-order valence-corrected chi connectivity index (χ1v) is 4.73. The topological polar surface area (TPSA) is 32.7 Å². The van der Waals surface area contributed by atoms with Crippen LogP contribution in [0.15, 0.2) is 0 Å². The van der Waals surface area contributed by atoms with Crippen molar-refractivity contribution in [2.24, 2.45) is 0 Å². The monoisotopic (exact) mass is 183 g/mol. The van der Waals surface area contributed by atoms with Crippen molar-refractivity contribution in [1.82, 2.24) is 4.90 Å². The summed E-state index contributed by atoms with van der Waals surface area (Å²) in [6.45, 7) is 6.14. The van der Waals surface area contributed by atoms with Gasteiger partial charge >= 0.3 is 0 Å². The van der Waals surface area contributed by atoms with Gasteiger partial charge in [-0.3, -0.25) is 4.90 Å². The van der Waals surface area contributed by atoms with Crippen LogP contribution >= 0.6 is 0 Å². The zero-order valence-electron chi connectivity index (χ0n) is 8.12. The molecule has 1 fully saturated rings. The first-order valence-electron chi connectivity index (χ1n) is 4.73. The summed E-state index contributed by atoms with van der Waals surface area (Å²) in [6, 6.07) is 0. The molecular formula is C10H17NO2. The van der Waals surface area contributed by atoms with Gasteiger partial charge in [-0.1, -0.05) is 11.8 Å². The number of aliphatic hydroxyl groups excluding tert-OH is 1. The Morgan fingerprint density at radius 1 is 1.38 bits per heavy atom. The van der Waals surface area contributed by atoms with Crippen molar-refractivity contribution in [3.8, 4) is 11.8 Å². The third-order valence-electron chi connectivity index (χ3n) is 1.93. The van der Waals surface area contributed by atoms with Gasteiger partial charge in [-0.2, -0.15) is 0 Å². The Kier molecular flexibility index (Phi) is 4.84. The van der Waals surface area contributed by atoms with Gasteiger partial charge in [-0.05, 0) is 6.92 Å². The molecule has 1 atom stereocenters. The van der Waals surface area contributed by atoms with E-state index in [4.69, 9.17) is 9.84 Å². The summed E-state index contributed by atoms with van der Waals surface area (Å²) in [5.74, 6) is 6.00. The molecular weight excluding hydrogens is 166 g/mol. The van der Waals surface area contributed by atoms with E-state index in [0.717, 1.165) is 32.8 Å². The van der Waals surface area contributed by atoms with Crippen LogP contribution in [0.3, 0.4) is 0 Å². The molecule has 0 aromatic rings. The van der Waals surface area contributed by atoms with E-state index in [1.165, 1.54) is 0 Å². The number of hydrogen-bond donors (Lipinski definition) is 1. The maximum Gasteiger partial charge on any atom is 0.0621 e. The zero-order valence-corrected chi connectivity index (χ0v) is 8.12. The smallest absolute Gasteiger partial charge is 0.0621 e. The van der Waals surface area contributed by atoms with E-state index in [1.54, 1.807) is 6.92 Å². The Bertz CT molecular complexity index is 187. The van der Waals surface area contributed by atoms with Crippen LogP contribution in [-0.4, -0.2) is 49.0 Å². The predicted molar refractivity (Wildman–Crippen MR) is 51.3 cm³/mol. The summed E-state index contributed by atoms with van der Waals surface area (Å²) in [5, 5.41) is 8.95. The number of hydrogen-bond acceptors (Lipinski definition) is 3. The van der Waals surface area contributed by atoms with Crippen LogP contribution in [0.4, 0.5) is 0 Å². The Balaban J connectivity index is 2.11. The van der Waals surface area contributed by atoms with E-state index in [-0.39, 0.29) is 6.10 Å². The van der Waals surface area contributed by atoms with Gasteiger partial charge in [0.2, 0.25) is 0 Å². The first-order chi connectivity index (χ1) is 6.29. The third-order valence-corrected chi connectivity index (χ3v) is 1.93. The summed E-state index contributed by atoms with van der Waals surface area (Å²) >= 11 is 0. The lowest BCUT2D eigenvalue weighted by Gasteiger charge is -2.24. The lowest BCUT2D eigenvalue weighted by atomic mass is 10.3. The fourth-order valence-corrected chi connectivity index (χ4v) is 1.15. The molecule has 0 saturated carbocycles. The van der Waals surface area contributed by atoms with E-state index in [0.29, 0.717) is 6.42 Å². The molecule has 0 spiro atoms. The molecule has 1 aliphatic heterocycles. The van der Waals surface area contributed by atoms with Gasteiger partial charge in [0.1, 0.15) is 0 Å². The highest BCUT2D eigenvalue weighted by atomic mass is 16.5. The molecule has 3 heteroatoms. The Labute approximate surface area is 79.7 Å². The predicted octanol–water partition coefficient (Wildman–Crippen LogP) is 0.0929. The molecule has 1 aliphatic rings. The van der Waals surface area contributed by atoms with Crippen LogP contribution in [0.5, 0.6) is 0 Å². The number of aliphatic hydroxyl groups is 1. The van der Waals surface area contributed by atoms with Crippen molar-refractivity contribution in [2.75, 3.05) is 32.8 Å². The van der Waals surface area contributed by atoms with Gasteiger partial charge in [0, 0.05) is 19.5 Å². The van der Waals surface area contributed by atoms with Gasteiger partial charge < -0.3 is 9.84 Å². The van der Waals surface area contributed by atoms with Crippen LogP contribution in [0.2, 0.25) is 0 Å². The van der Waals surface area contributed by atoms with Gasteiger partial charge in [-0.25, -0.2) is 0 Å². The van der Waals surface area contributed by atoms with E-state index in [9.17, 15) is 0 Å². The van der Waals surface area contributed by atoms with Crippen molar-refractivity contribution in [2.45, 2.75) is 19.4 Å². The highest BCUT2D eigenvalue weighted by molar-refractivity contribution is 5.02. The quantitative estimate of drug-likeness (QED) is 0.616. The lowest BCUT2D eigenvalue weighted by molar-refractivity contribution is 0.0443. The second kappa shape index (κ2) is 5.98. The molecule has 13 heavy (non-hydrogen) atoms. The molecule has 0 aliphatic carbocycles. The van der Waals surface area contributed by atoms with Crippen molar-refractivity contribution in [3.05, 3.63) is 0 Å². The molecule has 0 radical (unpaired) electrons. The second-order valence-electron chi connectivity index (χ2n) is 3.30. The van der Waals surface area contributed by atoms with Crippen molar-refractivity contribution in [3.63, 3.8) is 0 Å². The molecule has 1 heterocycles. The molecule has 0 unspecified atom stereocenters. The average Bonchev–Trinajstić information content (AvgIpc) is 2.14. The molecule has 0 amide bonds. The van der Waals surface area contributed by atoms with E-state index in [1.807, 2.05) is 0 Å². The Morgan fingerprint density at radius 3 is 2.69 bits per heavy atom. The van der Waals surface area contributed by atoms with E-state index in [2.05, 4.69) is 16.7 Å². The zero-order chi connectivity index (χ0) is 9.52. The maximum absolute atomic E-state index is 8.95. The summed E-state index contributed by atoms with van der Waals surface area (Å²) in [6.07, 6.45) is 0.266. The van der Waals surface area contributed by atoms with Crippen molar-refractivity contribution >= 4 is 0 Å². The van der Waals surface area contributed by atoms with E-state index < -0.39 is 0 Å². The van der Waals surface area contributed by atoms with Crippen molar-refractivity contribution < 1.29 is 9.84 Å². The number of morpholine rings is 1. The summed E-state index contributed by atoms with van der Waals surface area (Å²) in [5.41, 5.74) is 0. The van der Waals surface area contributed by atoms with Crippen molar-refractivity contribution in [1.29, 1.82) is 0 Å². The maximum atomic E-state index is 8.95. The van der Waals surface area contributed by atoms with Gasteiger partial charge in [0.05, 0.1) is 25.9 Å². The van der Waals surface area contributed by atoms with E-state index >= 15 is 0 Å². The summed E-state index contributed by atoms with van der Waals surface area (Å²) < 4.78 is 5.21. The van der Waals surface area contributed by atoms with Crippen LogP contribution in [-0.2, 0) is 4.74 Å². The molecule has 74 valence electrons. The molecule has 3 nitrogen and oxygen atoms in total. The molecule has 1 saturated heterocycles. The number of ether oxygens (including phenoxy) is 1. The van der Waals surface area contributed by atoms with Crippen LogP contribution in [0.1, 0.15) is 13.3 Å². The minimum absolute atomic E-state index is 0.308. The van der Waals surface area contributed by atoms with Crippen LogP contribution in [0, 0.1) is 11.8 Å². The van der Waals surface area contributed by atoms with Crippen LogP contribution < -0.4 is 0 Å². The minimum atomic E-state index is -0.308. The molecule has 0 aromatic carbocycles. The summed E-state index contributed by atoms with van der Waals surface area (Å²) in [4.78, 5) is 2.26. The SMILES string of the molecule is C[C@@H](O)CC#CCN1CCOCC1. The molecule has 0 bridgehead atoms. The fraction of sp³-hybridized carbons (Fsp3) is 0.800. The summed E-state index contributed by atoms with van der Waals surface area (Å²) in [7, 11) is 0. The standard InChI is InChI=1S/C10H17NO2/c1-10(12)4-2-3-5-11-6-8-13-9-7-11/h10,12H,4-9H2,1H3/t10-/m1/s1. The Morgan fingerprint density at radius 2 is 2.08 bits per heavy atom. The average molecular weight is 183 g/mol. The highest BCUT2D eigenvalue weighted by Gasteiger charge is 2.07. The second-order valence-corrected chi connectivity index (χ2v) is 3.30. The lowest BCUT2D eigenvalue weighted by Crippen LogP contribution is -2.36. The fourth-order valence-electron chi connectivity index (χ4n) is 1.15. The van der Waals surface area contributed by atoms with Gasteiger partial charge in [-0.15, -0.1) is 0 Å². The number of nitrogens with zero attached hydrogens (tertiary/aromatic N) is 1. The van der Waals surface area contributed by atoms with Gasteiger partial charge in [0.15, 0.2) is 0 Å². The van der Waals surface area contributed by atoms with Crippen LogP contribution in [0.25, 0.3) is 0 Å². The highest BCUT2D eigenvalue weighted by Crippen LogP contribution is 1.94. The first kappa shape index (κ1) is 10.5. The minimum Gasteiger partial charge on any atom is -0.392 e. The number of rotatable bonds is 2. The molecule has 1 N–H and O–H groups in total. The molecule has 0 aromatic heterocycles. The third kappa shape index (κ3) is 4.89.